The van der Waals surface area contributed by atoms with Gasteiger partial charge in [0.1, 0.15) is 6.54 Å². The monoisotopic (exact) mass is 306 g/mol. The van der Waals surface area contributed by atoms with Gasteiger partial charge in [-0.15, -0.1) is 0 Å². The lowest BCUT2D eigenvalue weighted by Crippen LogP contribution is -2.41. The van der Waals surface area contributed by atoms with Crippen LogP contribution in [0.5, 0.6) is 0 Å². The summed E-state index contributed by atoms with van der Waals surface area (Å²) >= 11 is 7.08. The average Bonchev–Trinajstić information content (AvgIpc) is 2.05. The van der Waals surface area contributed by atoms with Crippen LogP contribution in [0, 0.1) is 0 Å². The summed E-state index contributed by atoms with van der Waals surface area (Å²) in [4.78, 5) is 0. The predicted molar refractivity (Wildman–Crippen MR) is 63.9 cm³/mol. The van der Waals surface area contributed by atoms with E-state index in [1.807, 2.05) is 6.07 Å². The second-order valence-corrected chi connectivity index (χ2v) is 6.66. The largest absolute Gasteiger partial charge is 0.304 e. The summed E-state index contributed by atoms with van der Waals surface area (Å²) in [7, 11) is 4.36. The lowest BCUT2D eigenvalue weighted by Gasteiger charge is -2.31. The fourth-order valence-corrected chi connectivity index (χ4v) is 1.41. The van der Waals surface area contributed by atoms with Crippen molar-refractivity contribution in [3.63, 3.8) is 0 Å². The third-order valence-corrected chi connectivity index (χ3v) is 4.18. The zero-order valence-corrected chi connectivity index (χ0v) is 11.0. The Morgan fingerprint density at radius 3 is 2.15 bits per heavy atom. The Balaban J connectivity index is 2.69. The van der Waals surface area contributed by atoms with E-state index in [-0.39, 0.29) is 0 Å². The van der Waals surface area contributed by atoms with Gasteiger partial charge in [0.25, 0.3) is 0 Å². The van der Waals surface area contributed by atoms with Gasteiger partial charge in [-0.3, -0.25) is 0 Å². The maximum atomic E-state index is 3.54. The van der Waals surface area contributed by atoms with Crippen molar-refractivity contribution in [2.75, 3.05) is 14.1 Å². The molecule has 13 heavy (non-hydrogen) atoms. The maximum absolute atomic E-state index is 3.54. The van der Waals surface area contributed by atoms with Crippen molar-refractivity contribution in [1.82, 2.24) is 0 Å². The highest BCUT2D eigenvalue weighted by Gasteiger charge is 2.22. The molecule has 0 aliphatic carbocycles. The molecule has 1 aromatic rings. The molecule has 72 valence electrons. The van der Waals surface area contributed by atoms with Gasteiger partial charge >= 0.3 is 0 Å². The molecule has 1 rings (SSSR count). The predicted octanol–water partition coefficient (Wildman–Crippen LogP) is 3.34. The Bertz CT molecular complexity index is 257. The van der Waals surface area contributed by atoms with Crippen LogP contribution in [0.25, 0.3) is 0 Å². The van der Waals surface area contributed by atoms with Crippen LogP contribution in [-0.4, -0.2) is 22.4 Å². The molecule has 0 aromatic heterocycles. The van der Waals surface area contributed by atoms with Crippen molar-refractivity contribution < 1.29 is 4.48 Å². The first-order chi connectivity index (χ1) is 6.02. The third-order valence-electron chi connectivity index (χ3n) is 1.96. The molecule has 0 saturated carbocycles. The zero-order valence-electron chi connectivity index (χ0n) is 7.87. The van der Waals surface area contributed by atoms with Gasteiger partial charge < -0.3 is 4.48 Å². The molecule has 3 heteroatoms. The number of halogens is 2. The molecule has 0 unspecified atom stereocenters. The van der Waals surface area contributed by atoms with Crippen molar-refractivity contribution in [1.29, 1.82) is 0 Å². The molecule has 1 nitrogen and oxygen atoms in total. The number of quaternary nitrogens is 1. The standard InChI is InChI=1S/C10H14Br2N/c1-13(2,10(11)12)8-9-6-4-3-5-7-9/h3-7,10H,8H2,1-2H3/q+1. The molecule has 0 saturated heterocycles. The summed E-state index contributed by atoms with van der Waals surface area (Å²) in [5, 5.41) is 0. The van der Waals surface area contributed by atoms with Crippen molar-refractivity contribution in [3.05, 3.63) is 35.9 Å². The van der Waals surface area contributed by atoms with Crippen LogP contribution in [0.2, 0.25) is 0 Å². The highest BCUT2D eigenvalue weighted by Crippen LogP contribution is 2.22. The topological polar surface area (TPSA) is 0 Å². The molecule has 0 amide bonds. The van der Waals surface area contributed by atoms with E-state index in [0.717, 1.165) is 11.0 Å². The van der Waals surface area contributed by atoms with E-state index in [2.05, 4.69) is 70.2 Å². The number of benzene rings is 1. The summed E-state index contributed by atoms with van der Waals surface area (Å²) in [5.74, 6) is 0. The number of alkyl halides is 2. The number of nitrogens with zero attached hydrogens (tertiary/aromatic N) is 1. The van der Waals surface area contributed by atoms with E-state index < -0.39 is 0 Å². The second-order valence-electron chi connectivity index (χ2n) is 3.70. The summed E-state index contributed by atoms with van der Waals surface area (Å²) in [6.45, 7) is 1.02. The van der Waals surface area contributed by atoms with Gasteiger partial charge in [-0.2, -0.15) is 0 Å². The minimum absolute atomic E-state index is 0.292. The molecule has 0 radical (unpaired) electrons. The first kappa shape index (κ1) is 11.2. The van der Waals surface area contributed by atoms with Crippen LogP contribution < -0.4 is 0 Å². The van der Waals surface area contributed by atoms with Crippen molar-refractivity contribution in [3.8, 4) is 0 Å². The molecule has 0 spiro atoms. The quantitative estimate of drug-likeness (QED) is 0.456. The highest BCUT2D eigenvalue weighted by molar-refractivity contribution is 9.24. The lowest BCUT2D eigenvalue weighted by molar-refractivity contribution is -0.897. The van der Waals surface area contributed by atoms with Crippen LogP contribution in [0.4, 0.5) is 0 Å². The van der Waals surface area contributed by atoms with Gasteiger partial charge in [-0.1, -0.05) is 30.3 Å². The van der Waals surface area contributed by atoms with E-state index in [9.17, 15) is 0 Å². The van der Waals surface area contributed by atoms with E-state index in [1.54, 1.807) is 0 Å². The first-order valence-electron chi connectivity index (χ1n) is 4.17. The number of hydrogen-bond donors (Lipinski definition) is 0. The molecule has 0 atom stereocenters. The molecular weight excluding hydrogens is 294 g/mol. The van der Waals surface area contributed by atoms with Gasteiger partial charge in [0, 0.05) is 5.56 Å². The van der Waals surface area contributed by atoms with Gasteiger partial charge in [0.2, 0.25) is 0 Å². The SMILES string of the molecule is C[N+](C)(Cc1ccccc1)C(Br)Br. The lowest BCUT2D eigenvalue weighted by atomic mass is 10.2. The minimum atomic E-state index is 0.292. The summed E-state index contributed by atoms with van der Waals surface area (Å²) in [6.07, 6.45) is 0. The van der Waals surface area contributed by atoms with Gasteiger partial charge in [0.05, 0.1) is 14.1 Å². The molecule has 0 aliphatic rings. The average molecular weight is 308 g/mol. The summed E-state index contributed by atoms with van der Waals surface area (Å²) in [6, 6.07) is 10.5. The van der Waals surface area contributed by atoms with Crippen molar-refractivity contribution in [2.24, 2.45) is 0 Å². The molecule has 1 aromatic carbocycles. The zero-order chi connectivity index (χ0) is 9.90. The minimum Gasteiger partial charge on any atom is -0.304 e. The van der Waals surface area contributed by atoms with Crippen molar-refractivity contribution >= 4 is 31.9 Å². The van der Waals surface area contributed by atoms with Gasteiger partial charge in [-0.05, 0) is 31.9 Å². The highest BCUT2D eigenvalue weighted by atomic mass is 79.9. The van der Waals surface area contributed by atoms with E-state index in [1.165, 1.54) is 5.56 Å². The van der Waals surface area contributed by atoms with Crippen LogP contribution in [0.1, 0.15) is 5.56 Å². The Kier molecular flexibility index (Phi) is 3.95. The molecule has 0 N–H and O–H groups in total. The second kappa shape index (κ2) is 4.58. The van der Waals surface area contributed by atoms with Crippen LogP contribution in [-0.2, 0) is 6.54 Å². The van der Waals surface area contributed by atoms with Gasteiger partial charge in [-0.25, -0.2) is 0 Å². The maximum Gasteiger partial charge on any atom is 0.198 e. The normalized spacial score (nSPS) is 12.1. The smallest absolute Gasteiger partial charge is 0.198 e. The molecule has 0 heterocycles. The molecule has 0 fully saturated rings. The van der Waals surface area contributed by atoms with Crippen molar-refractivity contribution in [2.45, 2.75) is 10.4 Å². The third kappa shape index (κ3) is 3.41. The molecular formula is C10H14Br2N+. The first-order valence-corrected chi connectivity index (χ1v) is 6.00. The fraction of sp³-hybridized carbons (Fsp3) is 0.400. The Morgan fingerprint density at radius 1 is 1.15 bits per heavy atom. The fourth-order valence-electron chi connectivity index (χ4n) is 1.12. The Morgan fingerprint density at radius 2 is 1.69 bits per heavy atom. The summed E-state index contributed by atoms with van der Waals surface area (Å²) in [5.41, 5.74) is 1.36. The van der Waals surface area contributed by atoms with Gasteiger partial charge in [0.15, 0.2) is 3.86 Å². The van der Waals surface area contributed by atoms with Crippen LogP contribution >= 0.6 is 31.9 Å². The number of rotatable bonds is 3. The van der Waals surface area contributed by atoms with Crippen LogP contribution in [0.15, 0.2) is 30.3 Å². The van der Waals surface area contributed by atoms with E-state index >= 15 is 0 Å². The Labute approximate surface area is 96.6 Å². The van der Waals surface area contributed by atoms with E-state index in [4.69, 9.17) is 0 Å². The summed E-state index contributed by atoms with van der Waals surface area (Å²) < 4.78 is 1.17. The number of hydrogen-bond acceptors (Lipinski definition) is 0. The van der Waals surface area contributed by atoms with Crippen LogP contribution in [0.3, 0.4) is 0 Å². The molecule has 0 aliphatic heterocycles. The molecule has 0 bridgehead atoms. The Hall–Kier alpha value is 0.140. The van der Waals surface area contributed by atoms with E-state index in [0.29, 0.717) is 3.86 Å².